The molecule has 0 unspecified atom stereocenters. The molecule has 3 N–H and O–H groups in total. The van der Waals surface area contributed by atoms with E-state index in [1.807, 2.05) is 6.92 Å². The van der Waals surface area contributed by atoms with Crippen LogP contribution in [0.2, 0.25) is 0 Å². The van der Waals surface area contributed by atoms with Gasteiger partial charge in [-0.3, -0.25) is 4.98 Å². The third-order valence-electron chi connectivity index (χ3n) is 2.27. The van der Waals surface area contributed by atoms with E-state index in [4.69, 9.17) is 15.7 Å². The van der Waals surface area contributed by atoms with Crippen LogP contribution in [0.25, 0.3) is 0 Å². The lowest BCUT2D eigenvalue weighted by Gasteiger charge is -2.07. The van der Waals surface area contributed by atoms with Gasteiger partial charge in [-0.05, 0) is 25.1 Å². The molecular formula is C12H12N4O2. The predicted molar refractivity (Wildman–Crippen MR) is 65.8 cm³/mol. The zero-order valence-corrected chi connectivity index (χ0v) is 9.74. The molecule has 0 saturated carbocycles. The lowest BCUT2D eigenvalue weighted by molar-refractivity contribution is 0.318. The average molecular weight is 244 g/mol. The van der Waals surface area contributed by atoms with Crippen LogP contribution in [0.1, 0.15) is 11.4 Å². The van der Waals surface area contributed by atoms with Crippen LogP contribution in [0.15, 0.2) is 41.7 Å². The number of hydrogen-bond acceptors (Lipinski definition) is 5. The fraction of sp³-hybridized carbons (Fsp3) is 0.0833. The molecule has 0 saturated heterocycles. The number of aryl methyl sites for hydroxylation is 1. The summed E-state index contributed by atoms with van der Waals surface area (Å²) in [6, 6.07) is 8.58. The number of pyridine rings is 2. The Kier molecular flexibility index (Phi) is 3.38. The molecule has 0 aromatic carbocycles. The van der Waals surface area contributed by atoms with Gasteiger partial charge in [-0.25, -0.2) is 4.98 Å². The lowest BCUT2D eigenvalue weighted by Crippen LogP contribution is -2.14. The standard InChI is InChI=1S/C12H12N4O2/c1-8-10(5-3-7-14-8)18-11-6-2-4-9(15-11)12(13)16-17/h2-7,17H,1H3,(H2,13,16). The molecule has 6 nitrogen and oxygen atoms in total. The van der Waals surface area contributed by atoms with Crippen molar-refractivity contribution in [2.45, 2.75) is 6.92 Å². The number of nitrogens with two attached hydrogens (primary N) is 1. The maximum Gasteiger partial charge on any atom is 0.219 e. The predicted octanol–water partition coefficient (Wildman–Crippen LogP) is 1.67. The van der Waals surface area contributed by atoms with E-state index in [-0.39, 0.29) is 5.84 Å². The zero-order chi connectivity index (χ0) is 13.0. The molecule has 2 aromatic rings. The second kappa shape index (κ2) is 5.13. The van der Waals surface area contributed by atoms with Gasteiger partial charge >= 0.3 is 0 Å². The summed E-state index contributed by atoms with van der Waals surface area (Å²) in [5, 5.41) is 11.5. The molecule has 2 heterocycles. The Morgan fingerprint density at radius 2 is 2.17 bits per heavy atom. The molecule has 0 fully saturated rings. The molecule has 92 valence electrons. The Morgan fingerprint density at radius 3 is 2.89 bits per heavy atom. The first-order valence-corrected chi connectivity index (χ1v) is 5.25. The van der Waals surface area contributed by atoms with Crippen LogP contribution in [0.4, 0.5) is 0 Å². The number of oxime groups is 1. The summed E-state index contributed by atoms with van der Waals surface area (Å²) < 4.78 is 5.58. The van der Waals surface area contributed by atoms with Gasteiger partial charge in [0, 0.05) is 12.3 Å². The highest BCUT2D eigenvalue weighted by atomic mass is 16.5. The largest absolute Gasteiger partial charge is 0.437 e. The van der Waals surface area contributed by atoms with Crippen LogP contribution in [0, 0.1) is 6.92 Å². The highest BCUT2D eigenvalue weighted by Crippen LogP contribution is 2.21. The zero-order valence-electron chi connectivity index (χ0n) is 9.74. The van der Waals surface area contributed by atoms with Crippen molar-refractivity contribution in [1.29, 1.82) is 0 Å². The molecule has 0 aliphatic carbocycles. The van der Waals surface area contributed by atoms with Gasteiger partial charge in [0.1, 0.15) is 5.69 Å². The smallest absolute Gasteiger partial charge is 0.219 e. The Labute approximate surface area is 104 Å². The van der Waals surface area contributed by atoms with E-state index in [9.17, 15) is 0 Å². The molecule has 0 amide bonds. The van der Waals surface area contributed by atoms with Crippen molar-refractivity contribution in [3.63, 3.8) is 0 Å². The van der Waals surface area contributed by atoms with Crippen LogP contribution in [0.5, 0.6) is 11.6 Å². The SMILES string of the molecule is Cc1ncccc1Oc1cccc(/C(N)=N/O)n1. The van der Waals surface area contributed by atoms with Gasteiger partial charge < -0.3 is 15.7 Å². The van der Waals surface area contributed by atoms with Crippen molar-refractivity contribution >= 4 is 5.84 Å². The molecule has 18 heavy (non-hydrogen) atoms. The van der Waals surface area contributed by atoms with E-state index in [1.54, 1.807) is 36.5 Å². The van der Waals surface area contributed by atoms with Gasteiger partial charge in [0.25, 0.3) is 0 Å². The van der Waals surface area contributed by atoms with Gasteiger partial charge in [-0.15, -0.1) is 0 Å². The van der Waals surface area contributed by atoms with Crippen molar-refractivity contribution in [2.24, 2.45) is 10.9 Å². The summed E-state index contributed by atoms with van der Waals surface area (Å²) in [5.41, 5.74) is 6.56. The van der Waals surface area contributed by atoms with E-state index >= 15 is 0 Å². The first kappa shape index (κ1) is 11.8. The van der Waals surface area contributed by atoms with Crippen molar-refractivity contribution in [1.82, 2.24) is 9.97 Å². The fourth-order valence-electron chi connectivity index (χ4n) is 1.36. The third-order valence-corrected chi connectivity index (χ3v) is 2.27. The van der Waals surface area contributed by atoms with Gasteiger partial charge in [0.15, 0.2) is 11.6 Å². The molecule has 0 radical (unpaired) electrons. The number of ether oxygens (including phenoxy) is 1. The van der Waals surface area contributed by atoms with Crippen LogP contribution in [0.3, 0.4) is 0 Å². The maximum atomic E-state index is 8.59. The van der Waals surface area contributed by atoms with E-state index in [2.05, 4.69) is 15.1 Å². The summed E-state index contributed by atoms with van der Waals surface area (Å²) in [4.78, 5) is 8.22. The third kappa shape index (κ3) is 2.54. The lowest BCUT2D eigenvalue weighted by atomic mass is 10.3. The molecular weight excluding hydrogens is 232 g/mol. The molecule has 0 bridgehead atoms. The van der Waals surface area contributed by atoms with Gasteiger partial charge in [-0.2, -0.15) is 0 Å². The Bertz CT molecular complexity index is 584. The summed E-state index contributed by atoms with van der Waals surface area (Å²) in [5.74, 6) is 0.903. The minimum atomic E-state index is -0.0663. The summed E-state index contributed by atoms with van der Waals surface area (Å²) >= 11 is 0. The summed E-state index contributed by atoms with van der Waals surface area (Å²) in [6.07, 6.45) is 1.68. The molecule has 0 atom stereocenters. The summed E-state index contributed by atoms with van der Waals surface area (Å²) in [7, 11) is 0. The highest BCUT2D eigenvalue weighted by Gasteiger charge is 2.05. The number of aromatic nitrogens is 2. The molecule has 6 heteroatoms. The van der Waals surface area contributed by atoms with E-state index in [0.717, 1.165) is 5.69 Å². The minimum Gasteiger partial charge on any atom is -0.437 e. The van der Waals surface area contributed by atoms with Crippen molar-refractivity contribution in [3.05, 3.63) is 47.9 Å². The topological polar surface area (TPSA) is 93.6 Å². The van der Waals surface area contributed by atoms with Crippen LogP contribution in [-0.4, -0.2) is 21.0 Å². The van der Waals surface area contributed by atoms with Crippen molar-refractivity contribution in [2.75, 3.05) is 0 Å². The van der Waals surface area contributed by atoms with Crippen molar-refractivity contribution < 1.29 is 9.94 Å². The highest BCUT2D eigenvalue weighted by molar-refractivity contribution is 5.95. The second-order valence-electron chi connectivity index (χ2n) is 3.54. The summed E-state index contributed by atoms with van der Waals surface area (Å²) in [6.45, 7) is 1.84. The maximum absolute atomic E-state index is 8.59. The first-order chi connectivity index (χ1) is 8.70. The minimum absolute atomic E-state index is 0.0663. The van der Waals surface area contributed by atoms with Gasteiger partial charge in [0.2, 0.25) is 5.88 Å². The van der Waals surface area contributed by atoms with E-state index in [1.165, 1.54) is 0 Å². The number of nitrogens with zero attached hydrogens (tertiary/aromatic N) is 3. The normalized spacial score (nSPS) is 11.3. The molecule has 2 rings (SSSR count). The Balaban J connectivity index is 2.28. The van der Waals surface area contributed by atoms with Crippen LogP contribution < -0.4 is 10.5 Å². The van der Waals surface area contributed by atoms with E-state index < -0.39 is 0 Å². The quantitative estimate of drug-likeness (QED) is 0.371. The van der Waals surface area contributed by atoms with Gasteiger partial charge in [-0.1, -0.05) is 11.2 Å². The monoisotopic (exact) mass is 244 g/mol. The van der Waals surface area contributed by atoms with Crippen molar-refractivity contribution in [3.8, 4) is 11.6 Å². The molecule has 2 aromatic heterocycles. The number of hydrogen-bond donors (Lipinski definition) is 2. The van der Waals surface area contributed by atoms with E-state index in [0.29, 0.717) is 17.3 Å². The van der Waals surface area contributed by atoms with Crippen LogP contribution in [-0.2, 0) is 0 Å². The molecule has 0 aliphatic heterocycles. The molecule has 0 aliphatic rings. The first-order valence-electron chi connectivity index (χ1n) is 5.25. The number of amidine groups is 1. The van der Waals surface area contributed by atoms with Gasteiger partial charge in [0.05, 0.1) is 5.69 Å². The average Bonchev–Trinajstić information content (AvgIpc) is 2.41. The molecule has 0 spiro atoms. The Morgan fingerprint density at radius 1 is 1.33 bits per heavy atom. The number of rotatable bonds is 3. The fourth-order valence-corrected chi connectivity index (χ4v) is 1.36. The Hall–Kier alpha value is -2.63. The van der Waals surface area contributed by atoms with Crippen LogP contribution >= 0.6 is 0 Å². The second-order valence-corrected chi connectivity index (χ2v) is 3.54.